The van der Waals surface area contributed by atoms with Crippen LogP contribution in [0.3, 0.4) is 0 Å². The zero-order chi connectivity index (χ0) is 22.0. The van der Waals surface area contributed by atoms with Gasteiger partial charge in [0.05, 0.1) is 10.9 Å². The number of benzene rings is 2. The lowest BCUT2D eigenvalue weighted by Crippen LogP contribution is -2.44. The van der Waals surface area contributed by atoms with Crippen LogP contribution in [0.2, 0.25) is 0 Å². The molecule has 164 valence electrons. The van der Waals surface area contributed by atoms with Crippen LogP contribution < -0.4 is 5.32 Å². The normalized spacial score (nSPS) is 19.0. The van der Waals surface area contributed by atoms with Crippen molar-refractivity contribution in [1.29, 1.82) is 0 Å². The second kappa shape index (κ2) is 8.93. The Kier molecular flexibility index (Phi) is 6.25. The van der Waals surface area contributed by atoms with Crippen molar-refractivity contribution in [2.24, 2.45) is 11.8 Å². The lowest BCUT2D eigenvalue weighted by atomic mass is 9.95. The van der Waals surface area contributed by atoms with Crippen LogP contribution in [0, 0.1) is 11.8 Å². The maximum atomic E-state index is 13.0. The number of nitrogens with zero attached hydrogens (tertiary/aromatic N) is 1. The third-order valence-corrected chi connectivity index (χ3v) is 8.15. The molecule has 31 heavy (non-hydrogen) atoms. The van der Waals surface area contributed by atoms with Crippen LogP contribution in [0.4, 0.5) is 0 Å². The molecule has 1 atom stereocenters. The summed E-state index contributed by atoms with van der Waals surface area (Å²) in [5, 5.41) is 3.23. The maximum Gasteiger partial charge on any atom is 0.243 e. The second-order valence-corrected chi connectivity index (χ2v) is 10.4. The van der Waals surface area contributed by atoms with Gasteiger partial charge in [-0.25, -0.2) is 8.42 Å². The Morgan fingerprint density at radius 3 is 2.26 bits per heavy atom. The fraction of sp³-hybridized carbons (Fsp3) is 0.417. The van der Waals surface area contributed by atoms with Gasteiger partial charge >= 0.3 is 0 Å². The van der Waals surface area contributed by atoms with E-state index in [2.05, 4.69) is 5.32 Å². The van der Waals surface area contributed by atoms with Crippen LogP contribution in [0.5, 0.6) is 0 Å². The van der Waals surface area contributed by atoms with E-state index in [-0.39, 0.29) is 28.5 Å². The fourth-order valence-corrected chi connectivity index (χ4v) is 5.73. The molecule has 0 spiro atoms. The van der Waals surface area contributed by atoms with Crippen LogP contribution in [-0.2, 0) is 14.8 Å². The lowest BCUT2D eigenvalue weighted by Gasteiger charge is -2.31. The molecule has 0 bridgehead atoms. The minimum atomic E-state index is -3.69. The van der Waals surface area contributed by atoms with Crippen molar-refractivity contribution in [1.82, 2.24) is 9.62 Å². The number of piperidine rings is 1. The summed E-state index contributed by atoms with van der Waals surface area (Å²) in [6.07, 6.45) is 3.22. The molecule has 1 aliphatic carbocycles. The summed E-state index contributed by atoms with van der Waals surface area (Å²) in [6, 6.07) is 16.2. The Labute approximate surface area is 183 Å². The third-order valence-electron chi connectivity index (χ3n) is 6.25. The van der Waals surface area contributed by atoms with Crippen molar-refractivity contribution in [3.05, 3.63) is 65.7 Å². The van der Waals surface area contributed by atoms with Gasteiger partial charge in [0.1, 0.15) is 0 Å². The zero-order valence-corrected chi connectivity index (χ0v) is 18.5. The summed E-state index contributed by atoms with van der Waals surface area (Å²) in [5.74, 6) is 0.132. The highest BCUT2D eigenvalue weighted by atomic mass is 32.2. The first-order chi connectivity index (χ1) is 14.9. The predicted molar refractivity (Wildman–Crippen MR) is 118 cm³/mol. The van der Waals surface area contributed by atoms with Gasteiger partial charge in [0.25, 0.3) is 0 Å². The molecule has 2 aromatic carbocycles. The van der Waals surface area contributed by atoms with Gasteiger partial charge in [-0.1, -0.05) is 42.5 Å². The van der Waals surface area contributed by atoms with Crippen molar-refractivity contribution in [2.45, 2.75) is 43.5 Å². The zero-order valence-electron chi connectivity index (χ0n) is 17.7. The van der Waals surface area contributed by atoms with E-state index in [9.17, 15) is 18.0 Å². The molecule has 1 saturated carbocycles. The molecule has 0 unspecified atom stereocenters. The molecule has 2 fully saturated rings. The maximum absolute atomic E-state index is 13.0. The minimum Gasteiger partial charge on any atom is -0.349 e. The molecule has 1 amide bonds. The van der Waals surface area contributed by atoms with E-state index < -0.39 is 10.0 Å². The molecular weight excluding hydrogens is 412 g/mol. The largest absolute Gasteiger partial charge is 0.349 e. The van der Waals surface area contributed by atoms with Crippen molar-refractivity contribution in [2.75, 3.05) is 13.1 Å². The molecule has 4 rings (SSSR count). The summed E-state index contributed by atoms with van der Waals surface area (Å²) >= 11 is 0. The molecule has 1 saturated heterocycles. The smallest absolute Gasteiger partial charge is 0.243 e. The summed E-state index contributed by atoms with van der Waals surface area (Å²) in [5.41, 5.74) is 1.51. The van der Waals surface area contributed by atoms with Gasteiger partial charge in [-0.05, 0) is 56.2 Å². The van der Waals surface area contributed by atoms with Gasteiger partial charge in [0, 0.05) is 24.6 Å². The lowest BCUT2D eigenvalue weighted by molar-refractivity contribution is -0.127. The molecule has 2 aromatic rings. The van der Waals surface area contributed by atoms with E-state index in [0.717, 1.165) is 18.4 Å². The second-order valence-electron chi connectivity index (χ2n) is 8.50. The molecule has 2 aliphatic rings. The molecule has 1 aliphatic heterocycles. The van der Waals surface area contributed by atoms with Gasteiger partial charge in [-0.15, -0.1) is 0 Å². The molecule has 0 radical (unpaired) electrons. The van der Waals surface area contributed by atoms with E-state index in [1.807, 2.05) is 30.3 Å². The van der Waals surface area contributed by atoms with E-state index in [0.29, 0.717) is 37.4 Å². The van der Waals surface area contributed by atoms with Crippen LogP contribution in [0.1, 0.15) is 54.6 Å². The monoisotopic (exact) mass is 440 g/mol. The number of hydrogen-bond donors (Lipinski definition) is 1. The highest BCUT2D eigenvalue weighted by Crippen LogP contribution is 2.41. The summed E-state index contributed by atoms with van der Waals surface area (Å²) in [4.78, 5) is 24.7. The molecule has 7 heteroatoms. The Hall–Kier alpha value is -2.51. The number of rotatable bonds is 7. The number of sulfonamides is 1. The number of hydrogen-bond acceptors (Lipinski definition) is 4. The molecule has 1 heterocycles. The Morgan fingerprint density at radius 2 is 1.65 bits per heavy atom. The van der Waals surface area contributed by atoms with Crippen molar-refractivity contribution >= 4 is 21.7 Å². The quantitative estimate of drug-likeness (QED) is 0.668. The number of Topliss-reactive ketones (excluding diaryl/α,β-unsaturated/α-hetero) is 1. The number of carbonyl (C=O) groups excluding carboxylic acids is 2. The van der Waals surface area contributed by atoms with Crippen LogP contribution >= 0.6 is 0 Å². The van der Waals surface area contributed by atoms with E-state index in [1.54, 1.807) is 12.1 Å². The number of ketones is 1. The highest BCUT2D eigenvalue weighted by molar-refractivity contribution is 7.89. The topological polar surface area (TPSA) is 83.6 Å². The van der Waals surface area contributed by atoms with Crippen LogP contribution in [0.15, 0.2) is 59.5 Å². The van der Waals surface area contributed by atoms with Crippen molar-refractivity contribution in [3.8, 4) is 0 Å². The average molecular weight is 441 g/mol. The average Bonchev–Trinajstić information content (AvgIpc) is 3.63. The first kappa shape index (κ1) is 21.7. The minimum absolute atomic E-state index is 0.0105. The summed E-state index contributed by atoms with van der Waals surface area (Å²) < 4.78 is 27.4. The first-order valence-corrected chi connectivity index (χ1v) is 12.3. The van der Waals surface area contributed by atoms with E-state index in [4.69, 9.17) is 0 Å². The van der Waals surface area contributed by atoms with Crippen LogP contribution in [-0.4, -0.2) is 37.5 Å². The SMILES string of the molecule is CC(=O)c1cccc(S(=O)(=O)N2CCC(C(=O)N[C@@H](c3ccccc3)C3CC3)CC2)c1. The molecular formula is C24H28N2O4S. The van der Waals surface area contributed by atoms with E-state index in [1.165, 1.54) is 23.4 Å². The number of nitrogens with one attached hydrogen (secondary N) is 1. The van der Waals surface area contributed by atoms with Gasteiger partial charge in [0.2, 0.25) is 15.9 Å². The van der Waals surface area contributed by atoms with Crippen LogP contribution in [0.25, 0.3) is 0 Å². The highest BCUT2D eigenvalue weighted by Gasteiger charge is 2.37. The van der Waals surface area contributed by atoms with Gasteiger partial charge in [-0.2, -0.15) is 4.31 Å². The standard InChI is InChI=1S/C24H28N2O4S/c1-17(27)21-8-5-9-22(16-21)31(29,30)26-14-12-20(13-15-26)24(28)25-23(19-10-11-19)18-6-3-2-4-7-18/h2-9,16,19-20,23H,10-15H2,1H3,(H,25,28)/t23-/m0/s1. The number of carbonyl (C=O) groups is 2. The first-order valence-electron chi connectivity index (χ1n) is 10.8. The predicted octanol–water partition coefficient (Wildman–Crippen LogP) is 3.56. The number of amides is 1. The van der Waals surface area contributed by atoms with Gasteiger partial charge < -0.3 is 5.32 Å². The molecule has 0 aromatic heterocycles. The van der Waals surface area contributed by atoms with Gasteiger partial charge in [-0.3, -0.25) is 9.59 Å². The van der Waals surface area contributed by atoms with Crippen molar-refractivity contribution < 1.29 is 18.0 Å². The van der Waals surface area contributed by atoms with Gasteiger partial charge in [0.15, 0.2) is 5.78 Å². The Balaban J connectivity index is 1.39. The summed E-state index contributed by atoms with van der Waals surface area (Å²) in [6.45, 7) is 2.01. The fourth-order valence-electron chi connectivity index (χ4n) is 4.22. The van der Waals surface area contributed by atoms with E-state index >= 15 is 0 Å². The van der Waals surface area contributed by atoms with Crippen molar-refractivity contribution in [3.63, 3.8) is 0 Å². The Bertz CT molecular complexity index is 1060. The Morgan fingerprint density at radius 1 is 0.968 bits per heavy atom. The molecule has 1 N–H and O–H groups in total. The molecule has 6 nitrogen and oxygen atoms in total. The third kappa shape index (κ3) is 4.88. The summed E-state index contributed by atoms with van der Waals surface area (Å²) in [7, 11) is -3.69.